The molecule has 1 aliphatic rings. The highest BCUT2D eigenvalue weighted by atomic mass is 32.2. The number of imide groups is 1. The van der Waals surface area contributed by atoms with Gasteiger partial charge in [0.15, 0.2) is 0 Å². The van der Waals surface area contributed by atoms with Gasteiger partial charge in [-0.25, -0.2) is 4.90 Å². The van der Waals surface area contributed by atoms with Gasteiger partial charge in [-0.15, -0.1) is 0 Å². The second-order valence-electron chi connectivity index (χ2n) is 5.76. The number of hydrogen-bond donors (Lipinski definition) is 0. The van der Waals surface area contributed by atoms with Crippen LogP contribution in [0.25, 0.3) is 16.8 Å². The number of nitrogens with zero attached hydrogens (tertiary/aromatic N) is 1. The molecular weight excluding hydrogens is 346 g/mol. The number of rotatable bonds is 3. The molecule has 1 heterocycles. The van der Waals surface area contributed by atoms with Crippen molar-refractivity contribution in [2.24, 2.45) is 0 Å². The van der Waals surface area contributed by atoms with Crippen molar-refractivity contribution >= 4 is 45.4 Å². The Bertz CT molecular complexity index is 1040. The maximum atomic E-state index is 12.8. The quantitative estimate of drug-likeness (QED) is 0.610. The number of methoxy groups -OCH3 is 1. The van der Waals surface area contributed by atoms with Crippen LogP contribution in [0.2, 0.25) is 0 Å². The first-order valence-corrected chi connectivity index (χ1v) is 8.89. The molecule has 1 saturated heterocycles. The lowest BCUT2D eigenvalue weighted by Crippen LogP contribution is -2.27. The number of carbonyl (C=O) groups excluding carboxylic acids is 2. The van der Waals surface area contributed by atoms with Crippen molar-refractivity contribution in [3.8, 4) is 5.75 Å². The molecule has 0 aliphatic carbocycles. The third kappa shape index (κ3) is 2.76. The molecule has 4 nitrogen and oxygen atoms in total. The lowest BCUT2D eigenvalue weighted by atomic mass is 10.0. The van der Waals surface area contributed by atoms with Crippen LogP contribution in [0.3, 0.4) is 0 Å². The molecule has 5 heteroatoms. The van der Waals surface area contributed by atoms with E-state index >= 15 is 0 Å². The van der Waals surface area contributed by atoms with Crippen LogP contribution in [0.4, 0.5) is 10.5 Å². The summed E-state index contributed by atoms with van der Waals surface area (Å²) < 4.78 is 5.47. The molecule has 3 aromatic carbocycles. The van der Waals surface area contributed by atoms with Gasteiger partial charge in [0, 0.05) is 5.56 Å². The highest BCUT2D eigenvalue weighted by Gasteiger charge is 2.36. The van der Waals surface area contributed by atoms with E-state index in [1.165, 1.54) is 4.90 Å². The molecule has 0 saturated carbocycles. The number of benzene rings is 3. The van der Waals surface area contributed by atoms with E-state index < -0.39 is 0 Å². The Hall–Kier alpha value is -3.05. The van der Waals surface area contributed by atoms with Crippen molar-refractivity contribution in [2.45, 2.75) is 0 Å². The van der Waals surface area contributed by atoms with Crippen molar-refractivity contribution in [1.82, 2.24) is 0 Å². The standard InChI is InChI=1S/C21H15NO3S/c1-25-18-12-11-14-7-5-6-10-16(14)17(18)13-19-20(23)22(21(24)26-19)15-8-3-2-4-9-15/h2-13H,1H3/b19-13+. The van der Waals surface area contributed by atoms with Gasteiger partial charge >= 0.3 is 0 Å². The molecule has 0 bridgehead atoms. The fourth-order valence-electron chi connectivity index (χ4n) is 3.00. The van der Waals surface area contributed by atoms with Crippen molar-refractivity contribution in [3.63, 3.8) is 0 Å². The van der Waals surface area contributed by atoms with Gasteiger partial charge < -0.3 is 4.74 Å². The van der Waals surface area contributed by atoms with Gasteiger partial charge in [0.25, 0.3) is 11.1 Å². The highest BCUT2D eigenvalue weighted by Crippen LogP contribution is 2.38. The number of thioether (sulfide) groups is 1. The van der Waals surface area contributed by atoms with Gasteiger partial charge in [-0.1, -0.05) is 48.5 Å². The van der Waals surface area contributed by atoms with Gasteiger partial charge in [-0.2, -0.15) is 0 Å². The molecule has 0 unspecified atom stereocenters. The summed E-state index contributed by atoms with van der Waals surface area (Å²) in [5.74, 6) is 0.344. The number of ether oxygens (including phenoxy) is 1. The van der Waals surface area contributed by atoms with Crippen molar-refractivity contribution < 1.29 is 14.3 Å². The van der Waals surface area contributed by atoms with Crippen LogP contribution in [-0.2, 0) is 4.79 Å². The van der Waals surface area contributed by atoms with Gasteiger partial charge in [0.05, 0.1) is 17.7 Å². The van der Waals surface area contributed by atoms with Crippen LogP contribution in [0, 0.1) is 0 Å². The summed E-state index contributed by atoms with van der Waals surface area (Å²) >= 11 is 0.942. The number of fused-ring (bicyclic) bond motifs is 1. The normalized spacial score (nSPS) is 15.9. The van der Waals surface area contributed by atoms with Crippen LogP contribution in [0.5, 0.6) is 5.75 Å². The summed E-state index contributed by atoms with van der Waals surface area (Å²) in [5, 5.41) is 1.71. The third-order valence-corrected chi connectivity index (χ3v) is 5.10. The summed E-state index contributed by atoms with van der Waals surface area (Å²) in [6, 6.07) is 20.7. The largest absolute Gasteiger partial charge is 0.496 e. The number of anilines is 1. The second kappa shape index (κ2) is 6.69. The Morgan fingerprint density at radius 1 is 0.923 bits per heavy atom. The number of hydrogen-bond acceptors (Lipinski definition) is 4. The predicted octanol–water partition coefficient (Wildman–Crippen LogP) is 5.09. The average Bonchev–Trinajstić information content (AvgIpc) is 2.96. The van der Waals surface area contributed by atoms with E-state index in [1.54, 1.807) is 37.5 Å². The second-order valence-corrected chi connectivity index (χ2v) is 6.75. The Labute approximate surface area is 155 Å². The SMILES string of the molecule is COc1ccc2ccccc2c1/C=C1/SC(=O)N(c2ccccc2)C1=O. The Kier molecular flexibility index (Phi) is 4.22. The van der Waals surface area contributed by atoms with Gasteiger partial charge in [0.1, 0.15) is 5.75 Å². The number of para-hydroxylation sites is 1. The lowest BCUT2D eigenvalue weighted by Gasteiger charge is -2.12. The molecule has 0 N–H and O–H groups in total. The Morgan fingerprint density at radius 3 is 2.42 bits per heavy atom. The maximum Gasteiger partial charge on any atom is 0.298 e. The van der Waals surface area contributed by atoms with Crippen molar-refractivity contribution in [1.29, 1.82) is 0 Å². The molecule has 2 amide bonds. The number of carbonyl (C=O) groups is 2. The topological polar surface area (TPSA) is 46.6 Å². The first kappa shape index (κ1) is 16.4. The van der Waals surface area contributed by atoms with E-state index in [0.717, 1.165) is 28.1 Å². The fourth-order valence-corrected chi connectivity index (χ4v) is 3.82. The minimum absolute atomic E-state index is 0.299. The molecule has 0 atom stereocenters. The van der Waals surface area contributed by atoms with Crippen molar-refractivity contribution in [2.75, 3.05) is 12.0 Å². The molecule has 0 spiro atoms. The van der Waals surface area contributed by atoms with E-state index in [9.17, 15) is 9.59 Å². The summed E-state index contributed by atoms with van der Waals surface area (Å²) in [5.41, 5.74) is 1.37. The third-order valence-electron chi connectivity index (χ3n) is 4.23. The van der Waals surface area contributed by atoms with Crippen LogP contribution in [0.15, 0.2) is 71.6 Å². The molecule has 4 rings (SSSR count). The van der Waals surface area contributed by atoms with Crippen LogP contribution < -0.4 is 9.64 Å². The highest BCUT2D eigenvalue weighted by molar-refractivity contribution is 8.19. The van der Waals surface area contributed by atoms with E-state index in [2.05, 4.69) is 0 Å². The van der Waals surface area contributed by atoms with E-state index in [4.69, 9.17) is 4.74 Å². The zero-order chi connectivity index (χ0) is 18.1. The maximum absolute atomic E-state index is 12.8. The number of amides is 2. The minimum Gasteiger partial charge on any atom is -0.496 e. The van der Waals surface area contributed by atoms with Gasteiger partial charge in [-0.3, -0.25) is 9.59 Å². The predicted molar refractivity (Wildman–Crippen MR) is 105 cm³/mol. The smallest absolute Gasteiger partial charge is 0.298 e. The minimum atomic E-state index is -0.318. The first-order valence-electron chi connectivity index (χ1n) is 8.08. The zero-order valence-corrected chi connectivity index (χ0v) is 14.8. The van der Waals surface area contributed by atoms with Crippen LogP contribution in [-0.4, -0.2) is 18.3 Å². The van der Waals surface area contributed by atoms with E-state index in [1.807, 2.05) is 42.5 Å². The molecule has 3 aromatic rings. The first-order chi connectivity index (χ1) is 12.7. The zero-order valence-electron chi connectivity index (χ0n) is 14.0. The molecule has 26 heavy (non-hydrogen) atoms. The van der Waals surface area contributed by atoms with Gasteiger partial charge in [-0.05, 0) is 46.8 Å². The van der Waals surface area contributed by atoms with Gasteiger partial charge in [0.2, 0.25) is 0 Å². The van der Waals surface area contributed by atoms with E-state index in [0.29, 0.717) is 16.3 Å². The fraction of sp³-hybridized carbons (Fsp3) is 0.0476. The van der Waals surface area contributed by atoms with Crippen molar-refractivity contribution in [3.05, 3.63) is 77.2 Å². The van der Waals surface area contributed by atoms with Crippen LogP contribution in [0.1, 0.15) is 5.56 Å². The summed E-state index contributed by atoms with van der Waals surface area (Å²) in [6.07, 6.45) is 1.75. The molecule has 1 aliphatic heterocycles. The van der Waals surface area contributed by atoms with Crippen LogP contribution >= 0.6 is 11.8 Å². The molecule has 0 aromatic heterocycles. The summed E-state index contributed by atoms with van der Waals surface area (Å²) in [4.78, 5) is 26.8. The Morgan fingerprint density at radius 2 is 1.65 bits per heavy atom. The molecule has 128 valence electrons. The molecular formula is C21H15NO3S. The Balaban J connectivity index is 1.82. The van der Waals surface area contributed by atoms with E-state index in [-0.39, 0.29) is 11.1 Å². The molecule has 0 radical (unpaired) electrons. The summed E-state index contributed by atoms with van der Waals surface area (Å²) in [7, 11) is 1.59. The monoisotopic (exact) mass is 361 g/mol. The summed E-state index contributed by atoms with van der Waals surface area (Å²) in [6.45, 7) is 0. The molecule has 1 fully saturated rings. The lowest BCUT2D eigenvalue weighted by molar-refractivity contribution is -0.113. The average molecular weight is 361 g/mol.